The summed E-state index contributed by atoms with van der Waals surface area (Å²) in [5, 5.41) is 5.82. The number of nitrogens with zero attached hydrogens (tertiary/aromatic N) is 1. The lowest BCUT2D eigenvalue weighted by atomic mass is 9.89. The van der Waals surface area contributed by atoms with Gasteiger partial charge in [0.05, 0.1) is 0 Å². The molecule has 26 heavy (non-hydrogen) atoms. The average Bonchev–Trinajstić information content (AvgIpc) is 2.66. The maximum absolute atomic E-state index is 12.2. The first-order valence-corrected chi connectivity index (χ1v) is 9.95. The second-order valence-electron chi connectivity index (χ2n) is 7.31. The fraction of sp³-hybridized carbons (Fsp3) is 0.619. The summed E-state index contributed by atoms with van der Waals surface area (Å²) in [5.41, 5.74) is 1.77. The van der Waals surface area contributed by atoms with Crippen LogP contribution in [0.2, 0.25) is 0 Å². The molecule has 0 heterocycles. The highest BCUT2D eigenvalue weighted by Crippen LogP contribution is 2.23. The Balaban J connectivity index is 1.74. The SMILES string of the molecule is CCN(c1ccc(C(=O)NCCNC(=O)C2CCCCC2)cc1)C(C)C. The molecule has 5 nitrogen and oxygen atoms in total. The minimum Gasteiger partial charge on any atom is -0.369 e. The van der Waals surface area contributed by atoms with Gasteiger partial charge in [-0.3, -0.25) is 9.59 Å². The molecule has 0 saturated heterocycles. The molecular weight excluding hydrogens is 326 g/mol. The maximum atomic E-state index is 12.2. The van der Waals surface area contributed by atoms with Crippen molar-refractivity contribution in [3.63, 3.8) is 0 Å². The van der Waals surface area contributed by atoms with Crippen molar-refractivity contribution < 1.29 is 9.59 Å². The molecule has 1 aromatic rings. The molecule has 1 aliphatic rings. The fourth-order valence-electron chi connectivity index (χ4n) is 3.62. The van der Waals surface area contributed by atoms with Crippen LogP contribution in [0, 0.1) is 5.92 Å². The van der Waals surface area contributed by atoms with Crippen LogP contribution in [-0.4, -0.2) is 37.5 Å². The summed E-state index contributed by atoms with van der Waals surface area (Å²) in [7, 11) is 0. The predicted octanol–water partition coefficient (Wildman–Crippen LogP) is 3.35. The van der Waals surface area contributed by atoms with Gasteiger partial charge in [0.1, 0.15) is 0 Å². The standard InChI is InChI=1S/C21H33N3O2/c1-4-24(16(2)3)19-12-10-18(11-13-19)21(26)23-15-14-22-20(25)17-8-6-5-7-9-17/h10-13,16-17H,4-9,14-15H2,1-3H3,(H,22,25)(H,23,26). The molecule has 0 radical (unpaired) electrons. The second-order valence-corrected chi connectivity index (χ2v) is 7.31. The molecule has 0 aromatic heterocycles. The lowest BCUT2D eigenvalue weighted by Crippen LogP contribution is -2.38. The Kier molecular flexibility index (Phi) is 7.95. The van der Waals surface area contributed by atoms with Crippen molar-refractivity contribution in [1.82, 2.24) is 10.6 Å². The van der Waals surface area contributed by atoms with Crippen LogP contribution >= 0.6 is 0 Å². The number of benzene rings is 1. The van der Waals surface area contributed by atoms with Gasteiger partial charge in [-0.1, -0.05) is 19.3 Å². The monoisotopic (exact) mass is 359 g/mol. The fourth-order valence-corrected chi connectivity index (χ4v) is 3.62. The van der Waals surface area contributed by atoms with Gasteiger partial charge < -0.3 is 15.5 Å². The Morgan fingerprint density at radius 2 is 1.65 bits per heavy atom. The third kappa shape index (κ3) is 5.75. The van der Waals surface area contributed by atoms with Gasteiger partial charge in [-0.2, -0.15) is 0 Å². The molecule has 0 unspecified atom stereocenters. The van der Waals surface area contributed by atoms with Crippen molar-refractivity contribution in [1.29, 1.82) is 0 Å². The number of anilines is 1. The van der Waals surface area contributed by atoms with Crippen molar-refractivity contribution in [2.24, 2.45) is 5.92 Å². The Morgan fingerprint density at radius 1 is 1.04 bits per heavy atom. The van der Waals surface area contributed by atoms with Crippen LogP contribution in [0.5, 0.6) is 0 Å². The van der Waals surface area contributed by atoms with E-state index < -0.39 is 0 Å². The average molecular weight is 360 g/mol. The van der Waals surface area contributed by atoms with E-state index in [1.54, 1.807) is 0 Å². The van der Waals surface area contributed by atoms with Crippen LogP contribution in [0.25, 0.3) is 0 Å². The van der Waals surface area contributed by atoms with E-state index in [1.165, 1.54) is 6.42 Å². The Hall–Kier alpha value is -2.04. The molecule has 1 aromatic carbocycles. The summed E-state index contributed by atoms with van der Waals surface area (Å²) < 4.78 is 0. The Bertz CT molecular complexity index is 577. The number of hydrogen-bond donors (Lipinski definition) is 2. The van der Waals surface area contributed by atoms with Crippen LogP contribution in [-0.2, 0) is 4.79 Å². The van der Waals surface area contributed by atoms with Crippen LogP contribution < -0.4 is 15.5 Å². The number of hydrogen-bond acceptors (Lipinski definition) is 3. The van der Waals surface area contributed by atoms with Crippen LogP contribution in [0.15, 0.2) is 24.3 Å². The topological polar surface area (TPSA) is 61.4 Å². The molecule has 0 bridgehead atoms. The van der Waals surface area contributed by atoms with E-state index >= 15 is 0 Å². The number of rotatable bonds is 8. The van der Waals surface area contributed by atoms with Gasteiger partial charge in [0.2, 0.25) is 5.91 Å². The molecule has 0 atom stereocenters. The summed E-state index contributed by atoms with van der Waals surface area (Å²) in [4.78, 5) is 26.6. The number of nitrogens with one attached hydrogen (secondary N) is 2. The van der Waals surface area contributed by atoms with Gasteiger partial charge >= 0.3 is 0 Å². The summed E-state index contributed by atoms with van der Waals surface area (Å²) in [6.45, 7) is 8.31. The summed E-state index contributed by atoms with van der Waals surface area (Å²) in [6.07, 6.45) is 5.53. The van der Waals surface area contributed by atoms with Crippen molar-refractivity contribution in [3.8, 4) is 0 Å². The first-order valence-electron chi connectivity index (χ1n) is 9.95. The molecule has 1 fully saturated rings. The highest BCUT2D eigenvalue weighted by molar-refractivity contribution is 5.94. The van der Waals surface area contributed by atoms with Gasteiger partial charge in [-0.05, 0) is 57.9 Å². The van der Waals surface area contributed by atoms with Gasteiger partial charge in [-0.15, -0.1) is 0 Å². The lowest BCUT2D eigenvalue weighted by molar-refractivity contribution is -0.125. The molecule has 144 valence electrons. The quantitative estimate of drug-likeness (QED) is 0.700. The lowest BCUT2D eigenvalue weighted by Gasteiger charge is -2.27. The van der Waals surface area contributed by atoms with Gasteiger partial charge in [-0.25, -0.2) is 0 Å². The van der Waals surface area contributed by atoms with Crippen LogP contribution in [0.3, 0.4) is 0 Å². The number of amides is 2. The van der Waals surface area contributed by atoms with E-state index in [2.05, 4.69) is 36.3 Å². The summed E-state index contributed by atoms with van der Waals surface area (Å²) in [6, 6.07) is 8.12. The largest absolute Gasteiger partial charge is 0.369 e. The zero-order valence-corrected chi connectivity index (χ0v) is 16.4. The molecule has 1 saturated carbocycles. The summed E-state index contributed by atoms with van der Waals surface area (Å²) >= 11 is 0. The predicted molar refractivity (Wildman–Crippen MR) is 107 cm³/mol. The van der Waals surface area contributed by atoms with E-state index in [0.29, 0.717) is 24.7 Å². The molecule has 0 spiro atoms. The van der Waals surface area contributed by atoms with Crippen LogP contribution in [0.1, 0.15) is 63.2 Å². The molecule has 2 N–H and O–H groups in total. The van der Waals surface area contributed by atoms with Gasteiger partial charge in [0, 0.05) is 42.8 Å². The van der Waals surface area contributed by atoms with Crippen molar-refractivity contribution in [3.05, 3.63) is 29.8 Å². The van der Waals surface area contributed by atoms with Crippen molar-refractivity contribution in [2.75, 3.05) is 24.5 Å². The summed E-state index contributed by atoms with van der Waals surface area (Å²) in [5.74, 6) is 0.196. The number of carbonyl (C=O) groups is 2. The van der Waals surface area contributed by atoms with E-state index in [-0.39, 0.29) is 17.7 Å². The van der Waals surface area contributed by atoms with Crippen LogP contribution in [0.4, 0.5) is 5.69 Å². The van der Waals surface area contributed by atoms with Gasteiger partial charge in [0.15, 0.2) is 0 Å². The third-order valence-corrected chi connectivity index (χ3v) is 5.11. The normalized spacial score (nSPS) is 14.9. The first kappa shape index (κ1) is 20.3. The maximum Gasteiger partial charge on any atom is 0.251 e. The number of carbonyl (C=O) groups excluding carboxylic acids is 2. The van der Waals surface area contributed by atoms with Gasteiger partial charge in [0.25, 0.3) is 5.91 Å². The zero-order chi connectivity index (χ0) is 18.9. The first-order chi connectivity index (χ1) is 12.5. The Labute approximate surface area is 157 Å². The smallest absolute Gasteiger partial charge is 0.251 e. The minimum absolute atomic E-state index is 0.101. The van der Waals surface area contributed by atoms with E-state index in [0.717, 1.165) is 37.9 Å². The zero-order valence-electron chi connectivity index (χ0n) is 16.4. The van der Waals surface area contributed by atoms with Crippen molar-refractivity contribution >= 4 is 17.5 Å². The van der Waals surface area contributed by atoms with E-state index in [9.17, 15) is 9.59 Å². The highest BCUT2D eigenvalue weighted by atomic mass is 16.2. The molecule has 5 heteroatoms. The second kappa shape index (κ2) is 10.2. The third-order valence-electron chi connectivity index (χ3n) is 5.11. The molecule has 2 rings (SSSR count). The van der Waals surface area contributed by atoms with E-state index in [1.807, 2.05) is 24.3 Å². The molecule has 1 aliphatic carbocycles. The van der Waals surface area contributed by atoms with E-state index in [4.69, 9.17) is 0 Å². The molecule has 2 amide bonds. The minimum atomic E-state index is -0.101. The molecular formula is C21H33N3O2. The van der Waals surface area contributed by atoms with Crippen molar-refractivity contribution in [2.45, 2.75) is 58.9 Å². The molecule has 0 aliphatic heterocycles. The Morgan fingerprint density at radius 3 is 2.23 bits per heavy atom. The highest BCUT2D eigenvalue weighted by Gasteiger charge is 2.20.